The molecule has 6 heteroatoms. The average molecular weight is 300 g/mol. The lowest BCUT2D eigenvalue weighted by Crippen LogP contribution is -1.94. The topological polar surface area (TPSA) is 50.2 Å². The number of aryl methyl sites for hydroxylation is 2. The Labute approximate surface area is 125 Å². The van der Waals surface area contributed by atoms with E-state index in [4.69, 9.17) is 0 Å². The van der Waals surface area contributed by atoms with Crippen molar-refractivity contribution in [1.82, 2.24) is 9.97 Å². The lowest BCUT2D eigenvalue weighted by molar-refractivity contribution is 0.628. The van der Waals surface area contributed by atoms with Crippen LogP contribution in [0.25, 0.3) is 10.2 Å². The van der Waals surface area contributed by atoms with E-state index >= 15 is 0 Å². The molecule has 0 unspecified atom stereocenters. The normalized spacial score (nSPS) is 11.4. The van der Waals surface area contributed by atoms with Gasteiger partial charge in [0.15, 0.2) is 5.82 Å². The highest BCUT2D eigenvalue weighted by atomic mass is 32.1. The fraction of sp³-hybridized carbons (Fsp3) is 0.133. The number of halogens is 1. The molecule has 4 nitrogen and oxygen atoms in total. The Morgan fingerprint density at radius 3 is 2.71 bits per heavy atom. The molecule has 1 aromatic carbocycles. The van der Waals surface area contributed by atoms with E-state index in [1.165, 1.54) is 28.9 Å². The number of nitrogens with one attached hydrogen (secondary N) is 1. The van der Waals surface area contributed by atoms with Crippen LogP contribution < -0.4 is 5.43 Å². The van der Waals surface area contributed by atoms with Gasteiger partial charge in [0, 0.05) is 4.88 Å². The van der Waals surface area contributed by atoms with Crippen LogP contribution >= 0.6 is 11.3 Å². The molecular formula is C15H13FN4S. The highest BCUT2D eigenvalue weighted by Crippen LogP contribution is 2.32. The molecule has 0 amide bonds. The molecule has 0 aliphatic carbocycles. The van der Waals surface area contributed by atoms with Crippen molar-refractivity contribution in [2.24, 2.45) is 5.10 Å². The maximum absolute atomic E-state index is 12.8. The summed E-state index contributed by atoms with van der Waals surface area (Å²) in [5, 5.41) is 4.15. The summed E-state index contributed by atoms with van der Waals surface area (Å²) in [5.41, 5.74) is 5.86. The predicted octanol–water partition coefficient (Wildman–Crippen LogP) is 3.89. The van der Waals surface area contributed by atoms with E-state index in [0.717, 1.165) is 15.8 Å². The molecule has 3 aromatic rings. The zero-order chi connectivity index (χ0) is 14.8. The van der Waals surface area contributed by atoms with Crippen LogP contribution in [-0.2, 0) is 0 Å². The maximum Gasteiger partial charge on any atom is 0.167 e. The zero-order valence-corrected chi connectivity index (χ0v) is 12.4. The summed E-state index contributed by atoms with van der Waals surface area (Å²) in [5.74, 6) is 0.418. The number of benzene rings is 1. The Hall–Kier alpha value is -2.34. The first kappa shape index (κ1) is 13.6. The summed E-state index contributed by atoms with van der Waals surface area (Å²) in [6.45, 7) is 4.11. The molecule has 0 saturated carbocycles. The van der Waals surface area contributed by atoms with Gasteiger partial charge in [0.05, 0.1) is 16.4 Å². The molecule has 0 fully saturated rings. The van der Waals surface area contributed by atoms with Gasteiger partial charge in [0.1, 0.15) is 12.1 Å². The van der Waals surface area contributed by atoms with Crippen molar-refractivity contribution < 1.29 is 4.39 Å². The Bertz CT molecular complexity index is 808. The molecule has 0 aliphatic rings. The van der Waals surface area contributed by atoms with Gasteiger partial charge in [-0.3, -0.25) is 5.43 Å². The van der Waals surface area contributed by atoms with Crippen LogP contribution in [0.5, 0.6) is 0 Å². The van der Waals surface area contributed by atoms with Gasteiger partial charge in [-0.05, 0) is 37.1 Å². The maximum atomic E-state index is 12.8. The van der Waals surface area contributed by atoms with E-state index < -0.39 is 0 Å². The minimum Gasteiger partial charge on any atom is -0.260 e. The standard InChI is InChI=1S/C15H13FN4S/c1-9-10(2)21-14-13(9)17-8-18-15(14)20-19-7-11-3-5-12(16)6-4-11/h3-8H,1-2H3,(H,17,18,20). The molecule has 2 heterocycles. The summed E-state index contributed by atoms with van der Waals surface area (Å²) in [7, 11) is 0. The van der Waals surface area contributed by atoms with Crippen molar-refractivity contribution in [2.45, 2.75) is 13.8 Å². The largest absolute Gasteiger partial charge is 0.260 e. The second-order valence-corrected chi connectivity index (χ2v) is 5.83. The summed E-state index contributed by atoms with van der Waals surface area (Å²) >= 11 is 1.64. The molecule has 0 bridgehead atoms. The van der Waals surface area contributed by atoms with Crippen molar-refractivity contribution in [3.8, 4) is 0 Å². The fourth-order valence-corrected chi connectivity index (χ4v) is 2.98. The van der Waals surface area contributed by atoms with Crippen LogP contribution in [-0.4, -0.2) is 16.2 Å². The molecule has 3 rings (SSSR count). The summed E-state index contributed by atoms with van der Waals surface area (Å²) in [4.78, 5) is 9.74. The molecule has 2 aromatic heterocycles. The molecule has 1 N–H and O–H groups in total. The van der Waals surface area contributed by atoms with Gasteiger partial charge in [0.2, 0.25) is 0 Å². The Morgan fingerprint density at radius 1 is 1.19 bits per heavy atom. The van der Waals surface area contributed by atoms with E-state index in [-0.39, 0.29) is 5.82 Å². The molecule has 0 aliphatic heterocycles. The van der Waals surface area contributed by atoms with E-state index in [9.17, 15) is 4.39 Å². The number of aromatic nitrogens is 2. The number of nitrogens with zero attached hydrogens (tertiary/aromatic N) is 3. The Kier molecular flexibility index (Phi) is 3.62. The van der Waals surface area contributed by atoms with Crippen LogP contribution in [0.4, 0.5) is 10.2 Å². The molecule has 0 radical (unpaired) electrons. The SMILES string of the molecule is Cc1sc2c(NN=Cc3ccc(F)cc3)ncnc2c1C. The van der Waals surface area contributed by atoms with Crippen LogP contribution in [0.15, 0.2) is 35.7 Å². The Morgan fingerprint density at radius 2 is 1.95 bits per heavy atom. The minimum atomic E-state index is -0.262. The van der Waals surface area contributed by atoms with Crippen molar-refractivity contribution >= 4 is 33.6 Å². The number of hydrazone groups is 1. The van der Waals surface area contributed by atoms with E-state index in [0.29, 0.717) is 5.82 Å². The highest BCUT2D eigenvalue weighted by molar-refractivity contribution is 7.19. The zero-order valence-electron chi connectivity index (χ0n) is 11.6. The first-order valence-electron chi connectivity index (χ1n) is 6.40. The molecular weight excluding hydrogens is 287 g/mol. The molecule has 21 heavy (non-hydrogen) atoms. The highest BCUT2D eigenvalue weighted by Gasteiger charge is 2.10. The molecule has 106 valence electrons. The van der Waals surface area contributed by atoms with Gasteiger partial charge in [-0.25, -0.2) is 14.4 Å². The lowest BCUT2D eigenvalue weighted by Gasteiger charge is -2.00. The van der Waals surface area contributed by atoms with Gasteiger partial charge in [-0.15, -0.1) is 11.3 Å². The molecule has 0 spiro atoms. The number of thiophene rings is 1. The number of fused-ring (bicyclic) bond motifs is 1. The first-order valence-corrected chi connectivity index (χ1v) is 7.22. The molecule has 0 atom stereocenters. The Balaban J connectivity index is 1.85. The van der Waals surface area contributed by atoms with E-state index in [1.54, 1.807) is 29.7 Å². The van der Waals surface area contributed by atoms with E-state index in [1.807, 2.05) is 6.92 Å². The van der Waals surface area contributed by atoms with Crippen molar-refractivity contribution in [1.29, 1.82) is 0 Å². The van der Waals surface area contributed by atoms with Crippen molar-refractivity contribution in [3.63, 3.8) is 0 Å². The number of anilines is 1. The van der Waals surface area contributed by atoms with Crippen LogP contribution in [0.1, 0.15) is 16.0 Å². The lowest BCUT2D eigenvalue weighted by atomic mass is 10.2. The summed E-state index contributed by atoms with van der Waals surface area (Å²) in [6, 6.07) is 6.12. The number of hydrogen-bond acceptors (Lipinski definition) is 5. The second kappa shape index (κ2) is 5.57. The van der Waals surface area contributed by atoms with Gasteiger partial charge in [-0.2, -0.15) is 5.10 Å². The van der Waals surface area contributed by atoms with Gasteiger partial charge in [-0.1, -0.05) is 12.1 Å². The quantitative estimate of drug-likeness (QED) is 0.589. The first-order chi connectivity index (χ1) is 10.1. The van der Waals surface area contributed by atoms with Crippen molar-refractivity contribution in [3.05, 3.63) is 52.4 Å². The fourth-order valence-electron chi connectivity index (χ4n) is 1.93. The monoisotopic (exact) mass is 300 g/mol. The van der Waals surface area contributed by atoms with Gasteiger partial charge >= 0.3 is 0 Å². The summed E-state index contributed by atoms with van der Waals surface area (Å²) < 4.78 is 13.8. The van der Waals surface area contributed by atoms with Crippen LogP contribution in [0.3, 0.4) is 0 Å². The average Bonchev–Trinajstić information content (AvgIpc) is 2.78. The minimum absolute atomic E-state index is 0.262. The second-order valence-electron chi connectivity index (χ2n) is 4.60. The third-order valence-corrected chi connectivity index (χ3v) is 4.40. The van der Waals surface area contributed by atoms with Crippen LogP contribution in [0, 0.1) is 19.7 Å². The van der Waals surface area contributed by atoms with E-state index in [2.05, 4.69) is 27.4 Å². The number of rotatable bonds is 3. The third-order valence-electron chi connectivity index (χ3n) is 3.20. The van der Waals surface area contributed by atoms with Gasteiger partial charge in [0.25, 0.3) is 0 Å². The van der Waals surface area contributed by atoms with Crippen LogP contribution in [0.2, 0.25) is 0 Å². The number of hydrogen-bond donors (Lipinski definition) is 1. The molecule has 0 saturated heterocycles. The third kappa shape index (κ3) is 2.75. The smallest absolute Gasteiger partial charge is 0.167 e. The van der Waals surface area contributed by atoms with Crippen molar-refractivity contribution in [2.75, 3.05) is 5.43 Å². The van der Waals surface area contributed by atoms with Gasteiger partial charge < -0.3 is 0 Å². The summed E-state index contributed by atoms with van der Waals surface area (Å²) in [6.07, 6.45) is 3.15. The predicted molar refractivity (Wildman–Crippen MR) is 84.5 cm³/mol.